The second kappa shape index (κ2) is 4.18. The summed E-state index contributed by atoms with van der Waals surface area (Å²) in [5, 5.41) is 0.0803. The van der Waals surface area contributed by atoms with Crippen LogP contribution in [0.25, 0.3) is 0 Å². The molecule has 0 spiro atoms. The summed E-state index contributed by atoms with van der Waals surface area (Å²) in [6.07, 6.45) is -4.38. The Balaban J connectivity index is 2.86. The van der Waals surface area contributed by atoms with Gasteiger partial charge in [-0.15, -0.1) is 0 Å². The molecule has 0 saturated heterocycles. The summed E-state index contributed by atoms with van der Waals surface area (Å²) in [5.41, 5.74) is 6.31. The first-order valence-corrected chi connectivity index (χ1v) is 4.42. The van der Waals surface area contributed by atoms with E-state index >= 15 is 0 Å². The van der Waals surface area contributed by atoms with E-state index in [1.54, 1.807) is 6.92 Å². The molecule has 0 unspecified atom stereocenters. The lowest BCUT2D eigenvalue weighted by atomic mass is 10.2. The third kappa shape index (κ3) is 3.51. The van der Waals surface area contributed by atoms with E-state index in [9.17, 15) is 13.2 Å². The van der Waals surface area contributed by atoms with E-state index in [0.29, 0.717) is 11.3 Å². The van der Waals surface area contributed by atoms with Gasteiger partial charge in [0.25, 0.3) is 0 Å². The van der Waals surface area contributed by atoms with Crippen LogP contribution >= 0.6 is 11.6 Å². The molecule has 0 aromatic heterocycles. The Morgan fingerprint density at radius 1 is 1.40 bits per heavy atom. The van der Waals surface area contributed by atoms with Crippen molar-refractivity contribution in [2.45, 2.75) is 13.1 Å². The van der Waals surface area contributed by atoms with E-state index in [1.165, 1.54) is 12.1 Å². The van der Waals surface area contributed by atoms with Gasteiger partial charge in [-0.25, -0.2) is 0 Å². The summed E-state index contributed by atoms with van der Waals surface area (Å²) >= 11 is 5.69. The smallest absolute Gasteiger partial charge is 0.422 e. The van der Waals surface area contributed by atoms with E-state index in [2.05, 4.69) is 4.74 Å². The highest BCUT2D eigenvalue weighted by Gasteiger charge is 2.29. The van der Waals surface area contributed by atoms with Gasteiger partial charge in [0.15, 0.2) is 6.61 Å². The summed E-state index contributed by atoms with van der Waals surface area (Å²) in [4.78, 5) is 0. The number of aryl methyl sites for hydroxylation is 1. The van der Waals surface area contributed by atoms with Crippen molar-refractivity contribution in [3.63, 3.8) is 0 Å². The van der Waals surface area contributed by atoms with Crippen molar-refractivity contribution in [3.05, 3.63) is 22.7 Å². The lowest BCUT2D eigenvalue weighted by Gasteiger charge is -2.13. The highest BCUT2D eigenvalue weighted by atomic mass is 35.5. The molecular formula is C9H9ClF3NO. The number of benzene rings is 1. The molecule has 0 radical (unpaired) electrons. The zero-order valence-electron chi connectivity index (χ0n) is 7.86. The molecule has 0 bridgehead atoms. The summed E-state index contributed by atoms with van der Waals surface area (Å²) in [7, 11) is 0. The van der Waals surface area contributed by atoms with Gasteiger partial charge in [-0.1, -0.05) is 11.6 Å². The minimum Gasteiger partial charge on any atom is -0.482 e. The zero-order chi connectivity index (χ0) is 11.6. The number of hydrogen-bond acceptors (Lipinski definition) is 2. The standard InChI is InChI=1S/C9H9ClF3NO/c1-5-2-6(14)3-7(10)8(5)15-4-9(11,12)13/h2-3H,4,14H2,1H3. The van der Waals surface area contributed by atoms with Crippen LogP contribution in [0.15, 0.2) is 12.1 Å². The van der Waals surface area contributed by atoms with Crippen LogP contribution in [0.4, 0.5) is 18.9 Å². The Kier molecular flexibility index (Phi) is 3.34. The van der Waals surface area contributed by atoms with Crippen molar-refractivity contribution in [3.8, 4) is 5.75 Å². The Bertz CT molecular complexity index is 342. The van der Waals surface area contributed by atoms with Gasteiger partial charge in [0.05, 0.1) is 5.02 Å². The molecular weight excluding hydrogens is 231 g/mol. The van der Waals surface area contributed by atoms with E-state index in [4.69, 9.17) is 17.3 Å². The molecule has 1 rings (SSSR count). The maximum absolute atomic E-state index is 11.9. The first-order chi connectivity index (χ1) is 6.79. The van der Waals surface area contributed by atoms with Gasteiger partial charge in [0, 0.05) is 5.69 Å². The van der Waals surface area contributed by atoms with E-state index in [1.807, 2.05) is 0 Å². The van der Waals surface area contributed by atoms with Crippen molar-refractivity contribution in [2.24, 2.45) is 0 Å². The van der Waals surface area contributed by atoms with E-state index in [-0.39, 0.29) is 10.8 Å². The molecule has 0 heterocycles. The van der Waals surface area contributed by atoms with Crippen LogP contribution in [0.3, 0.4) is 0 Å². The lowest BCUT2D eigenvalue weighted by molar-refractivity contribution is -0.153. The molecule has 0 fully saturated rings. The van der Waals surface area contributed by atoms with E-state index in [0.717, 1.165) is 0 Å². The van der Waals surface area contributed by atoms with Crippen LogP contribution in [-0.2, 0) is 0 Å². The molecule has 0 atom stereocenters. The second-order valence-electron chi connectivity index (χ2n) is 3.05. The molecule has 1 aromatic rings. The Morgan fingerprint density at radius 2 is 2.00 bits per heavy atom. The maximum Gasteiger partial charge on any atom is 0.422 e. The highest BCUT2D eigenvalue weighted by Crippen LogP contribution is 2.32. The normalized spacial score (nSPS) is 11.5. The highest BCUT2D eigenvalue weighted by molar-refractivity contribution is 6.32. The summed E-state index contributed by atoms with van der Waals surface area (Å²) in [6.45, 7) is 0.214. The molecule has 0 aliphatic rings. The summed E-state index contributed by atoms with van der Waals surface area (Å²) in [6, 6.07) is 2.85. The minimum atomic E-state index is -4.38. The van der Waals surface area contributed by atoms with E-state index < -0.39 is 12.8 Å². The molecule has 84 valence electrons. The van der Waals surface area contributed by atoms with Gasteiger partial charge in [0.1, 0.15) is 5.75 Å². The number of halogens is 4. The maximum atomic E-state index is 11.9. The van der Waals surface area contributed by atoms with Crippen LogP contribution in [0.2, 0.25) is 5.02 Å². The molecule has 2 N–H and O–H groups in total. The fraction of sp³-hybridized carbons (Fsp3) is 0.333. The molecule has 0 aliphatic heterocycles. The number of anilines is 1. The summed E-state index contributed by atoms with van der Waals surface area (Å²) < 4.78 is 40.2. The van der Waals surface area contributed by atoms with Crippen LogP contribution in [-0.4, -0.2) is 12.8 Å². The van der Waals surface area contributed by atoms with Crippen LogP contribution in [0.5, 0.6) is 5.75 Å². The molecule has 0 saturated carbocycles. The fourth-order valence-electron chi connectivity index (χ4n) is 1.09. The lowest BCUT2D eigenvalue weighted by Crippen LogP contribution is -2.19. The quantitative estimate of drug-likeness (QED) is 0.805. The number of ether oxygens (including phenoxy) is 1. The molecule has 2 nitrogen and oxygen atoms in total. The first-order valence-electron chi connectivity index (χ1n) is 4.05. The zero-order valence-corrected chi connectivity index (χ0v) is 8.62. The van der Waals surface area contributed by atoms with Gasteiger partial charge < -0.3 is 10.5 Å². The average Bonchev–Trinajstić information content (AvgIpc) is 1.99. The SMILES string of the molecule is Cc1cc(N)cc(Cl)c1OCC(F)(F)F. The number of rotatable bonds is 2. The van der Waals surface area contributed by atoms with Gasteiger partial charge in [0.2, 0.25) is 0 Å². The predicted octanol–water partition coefficient (Wildman–Crippen LogP) is 3.17. The topological polar surface area (TPSA) is 35.2 Å². The van der Waals surface area contributed by atoms with Crippen molar-refractivity contribution in [2.75, 3.05) is 12.3 Å². The Morgan fingerprint density at radius 3 is 2.47 bits per heavy atom. The monoisotopic (exact) mass is 239 g/mol. The van der Waals surface area contributed by atoms with Crippen LogP contribution in [0, 0.1) is 6.92 Å². The van der Waals surface area contributed by atoms with Gasteiger partial charge in [-0.2, -0.15) is 13.2 Å². The largest absolute Gasteiger partial charge is 0.482 e. The molecule has 0 amide bonds. The van der Waals surface area contributed by atoms with Gasteiger partial charge in [-0.3, -0.25) is 0 Å². The third-order valence-electron chi connectivity index (χ3n) is 1.63. The van der Waals surface area contributed by atoms with Crippen molar-refractivity contribution in [1.82, 2.24) is 0 Å². The first kappa shape index (κ1) is 12.0. The number of hydrogen-bond donors (Lipinski definition) is 1. The van der Waals surface area contributed by atoms with Crippen LogP contribution in [0.1, 0.15) is 5.56 Å². The van der Waals surface area contributed by atoms with Gasteiger partial charge >= 0.3 is 6.18 Å². The molecule has 1 aromatic carbocycles. The average molecular weight is 240 g/mol. The minimum absolute atomic E-state index is 0.0168. The fourth-order valence-corrected chi connectivity index (χ4v) is 1.42. The predicted molar refractivity (Wildman–Crippen MR) is 52.2 cm³/mol. The van der Waals surface area contributed by atoms with Crippen LogP contribution < -0.4 is 10.5 Å². The van der Waals surface area contributed by atoms with Gasteiger partial charge in [-0.05, 0) is 24.6 Å². The summed E-state index contributed by atoms with van der Waals surface area (Å²) in [5.74, 6) is 0.0168. The number of alkyl halides is 3. The van der Waals surface area contributed by atoms with Crippen molar-refractivity contribution >= 4 is 17.3 Å². The number of nitrogen functional groups attached to an aromatic ring is 1. The van der Waals surface area contributed by atoms with Crippen molar-refractivity contribution < 1.29 is 17.9 Å². The Labute approximate surface area is 89.8 Å². The second-order valence-corrected chi connectivity index (χ2v) is 3.46. The number of nitrogens with two attached hydrogens (primary N) is 1. The Hall–Kier alpha value is -1.10. The molecule has 0 aliphatic carbocycles. The molecule has 15 heavy (non-hydrogen) atoms. The molecule has 6 heteroatoms. The third-order valence-corrected chi connectivity index (χ3v) is 1.91. The van der Waals surface area contributed by atoms with Crippen molar-refractivity contribution in [1.29, 1.82) is 0 Å².